The monoisotopic (exact) mass is 333 g/mol. The standard InChI is InChI=1S/C17H20BrNO/c1-3-11-19-13(2)16-10-9-15(12-17(16)18)20-14-7-5-4-6-8-14/h4-10,12-13,19H,3,11H2,1-2H3. The van der Waals surface area contributed by atoms with Crippen LogP contribution in [0.25, 0.3) is 0 Å². The quantitative estimate of drug-likeness (QED) is 0.774. The van der Waals surface area contributed by atoms with E-state index in [9.17, 15) is 0 Å². The van der Waals surface area contributed by atoms with E-state index in [0.717, 1.165) is 28.9 Å². The summed E-state index contributed by atoms with van der Waals surface area (Å²) in [6.45, 7) is 5.37. The van der Waals surface area contributed by atoms with Crippen LogP contribution in [0, 0.1) is 0 Å². The Morgan fingerprint density at radius 3 is 2.50 bits per heavy atom. The van der Waals surface area contributed by atoms with Crippen molar-refractivity contribution >= 4 is 15.9 Å². The highest BCUT2D eigenvalue weighted by Crippen LogP contribution is 2.30. The highest BCUT2D eigenvalue weighted by molar-refractivity contribution is 9.10. The molecule has 0 fully saturated rings. The molecule has 0 saturated heterocycles. The molecule has 0 spiro atoms. The molecule has 0 aliphatic heterocycles. The first-order valence-electron chi connectivity index (χ1n) is 6.96. The summed E-state index contributed by atoms with van der Waals surface area (Å²) in [5, 5.41) is 3.49. The van der Waals surface area contributed by atoms with E-state index in [1.807, 2.05) is 42.5 Å². The number of nitrogens with one attached hydrogen (secondary N) is 1. The fourth-order valence-electron chi connectivity index (χ4n) is 2.02. The van der Waals surface area contributed by atoms with Gasteiger partial charge in [-0.05, 0) is 49.7 Å². The fraction of sp³-hybridized carbons (Fsp3) is 0.294. The Hall–Kier alpha value is -1.32. The van der Waals surface area contributed by atoms with Crippen molar-refractivity contribution in [1.82, 2.24) is 5.32 Å². The van der Waals surface area contributed by atoms with E-state index in [4.69, 9.17) is 4.74 Å². The lowest BCUT2D eigenvalue weighted by Gasteiger charge is -2.16. The lowest BCUT2D eigenvalue weighted by Crippen LogP contribution is -2.19. The molecule has 0 aliphatic rings. The summed E-state index contributed by atoms with van der Waals surface area (Å²) < 4.78 is 6.90. The smallest absolute Gasteiger partial charge is 0.128 e. The van der Waals surface area contributed by atoms with Crippen molar-refractivity contribution in [3.05, 3.63) is 58.6 Å². The van der Waals surface area contributed by atoms with Crippen LogP contribution in [0.1, 0.15) is 31.9 Å². The fourth-order valence-corrected chi connectivity index (χ4v) is 2.72. The summed E-state index contributed by atoms with van der Waals surface area (Å²) in [7, 11) is 0. The van der Waals surface area contributed by atoms with E-state index in [1.54, 1.807) is 0 Å². The van der Waals surface area contributed by atoms with Gasteiger partial charge in [-0.2, -0.15) is 0 Å². The molecule has 0 aromatic heterocycles. The number of ether oxygens (including phenoxy) is 1. The Morgan fingerprint density at radius 2 is 1.85 bits per heavy atom. The van der Waals surface area contributed by atoms with Gasteiger partial charge < -0.3 is 10.1 Å². The predicted molar refractivity (Wildman–Crippen MR) is 87.4 cm³/mol. The summed E-state index contributed by atoms with van der Waals surface area (Å²) in [5.74, 6) is 1.69. The Kier molecular flexibility index (Phi) is 5.62. The Balaban J connectivity index is 2.09. The maximum absolute atomic E-state index is 5.82. The molecule has 0 saturated carbocycles. The van der Waals surface area contributed by atoms with Gasteiger partial charge in [-0.15, -0.1) is 0 Å². The van der Waals surface area contributed by atoms with Gasteiger partial charge in [0.05, 0.1) is 0 Å². The van der Waals surface area contributed by atoms with Crippen molar-refractivity contribution in [3.8, 4) is 11.5 Å². The maximum atomic E-state index is 5.82. The van der Waals surface area contributed by atoms with Crippen molar-refractivity contribution in [2.24, 2.45) is 0 Å². The van der Waals surface area contributed by atoms with Gasteiger partial charge in [-0.25, -0.2) is 0 Å². The van der Waals surface area contributed by atoms with E-state index in [-0.39, 0.29) is 0 Å². The zero-order valence-corrected chi connectivity index (χ0v) is 13.5. The second kappa shape index (κ2) is 7.46. The minimum atomic E-state index is 0.329. The van der Waals surface area contributed by atoms with Crippen molar-refractivity contribution in [3.63, 3.8) is 0 Å². The molecule has 0 heterocycles. The zero-order chi connectivity index (χ0) is 14.4. The molecule has 106 valence electrons. The maximum Gasteiger partial charge on any atom is 0.128 e. The van der Waals surface area contributed by atoms with Gasteiger partial charge in [0.1, 0.15) is 11.5 Å². The lowest BCUT2D eigenvalue weighted by atomic mass is 10.1. The average Bonchev–Trinajstić information content (AvgIpc) is 2.46. The highest BCUT2D eigenvalue weighted by Gasteiger charge is 2.09. The molecule has 0 radical (unpaired) electrons. The number of benzene rings is 2. The van der Waals surface area contributed by atoms with Gasteiger partial charge in [-0.3, -0.25) is 0 Å². The molecule has 2 nitrogen and oxygen atoms in total. The molecule has 2 aromatic carbocycles. The summed E-state index contributed by atoms with van der Waals surface area (Å²) in [4.78, 5) is 0. The van der Waals surface area contributed by atoms with E-state index in [2.05, 4.69) is 41.2 Å². The summed E-state index contributed by atoms with van der Waals surface area (Å²) in [6.07, 6.45) is 1.14. The van der Waals surface area contributed by atoms with Gasteiger partial charge in [0.15, 0.2) is 0 Å². The SMILES string of the molecule is CCCNC(C)c1ccc(Oc2ccccc2)cc1Br. The van der Waals surface area contributed by atoms with Gasteiger partial charge in [0.2, 0.25) is 0 Å². The third-order valence-corrected chi connectivity index (χ3v) is 3.80. The van der Waals surface area contributed by atoms with Crippen molar-refractivity contribution in [1.29, 1.82) is 0 Å². The average molecular weight is 334 g/mol. The van der Waals surface area contributed by atoms with Crippen LogP contribution in [-0.4, -0.2) is 6.54 Å². The number of hydrogen-bond donors (Lipinski definition) is 1. The predicted octanol–water partition coefficient (Wildman–Crippen LogP) is 5.30. The summed E-state index contributed by atoms with van der Waals surface area (Å²) in [5.41, 5.74) is 1.25. The molecule has 2 aromatic rings. The van der Waals surface area contributed by atoms with Crippen LogP contribution < -0.4 is 10.1 Å². The number of hydrogen-bond acceptors (Lipinski definition) is 2. The lowest BCUT2D eigenvalue weighted by molar-refractivity contribution is 0.481. The molecule has 0 aliphatic carbocycles. The third kappa shape index (κ3) is 4.09. The number of halogens is 1. The van der Waals surface area contributed by atoms with Crippen LogP contribution in [-0.2, 0) is 0 Å². The second-order valence-corrected chi connectivity index (χ2v) is 5.63. The van der Waals surface area contributed by atoms with Gasteiger partial charge >= 0.3 is 0 Å². The first-order chi connectivity index (χ1) is 9.70. The van der Waals surface area contributed by atoms with Crippen LogP contribution in [0.4, 0.5) is 0 Å². The molecule has 1 atom stereocenters. The van der Waals surface area contributed by atoms with Crippen LogP contribution >= 0.6 is 15.9 Å². The molecule has 1 unspecified atom stereocenters. The largest absolute Gasteiger partial charge is 0.457 e. The first kappa shape index (κ1) is 15.1. The zero-order valence-electron chi connectivity index (χ0n) is 11.9. The van der Waals surface area contributed by atoms with E-state index in [1.165, 1.54) is 5.56 Å². The minimum Gasteiger partial charge on any atom is -0.457 e. The van der Waals surface area contributed by atoms with Crippen molar-refractivity contribution in [2.45, 2.75) is 26.3 Å². The molecule has 0 bridgehead atoms. The van der Waals surface area contributed by atoms with E-state index in [0.29, 0.717) is 6.04 Å². The molecule has 2 rings (SSSR count). The van der Waals surface area contributed by atoms with Crippen LogP contribution in [0.5, 0.6) is 11.5 Å². The normalized spacial score (nSPS) is 12.2. The minimum absolute atomic E-state index is 0.329. The summed E-state index contributed by atoms with van der Waals surface area (Å²) in [6, 6.07) is 16.3. The van der Waals surface area contributed by atoms with E-state index >= 15 is 0 Å². The molecule has 3 heteroatoms. The topological polar surface area (TPSA) is 21.3 Å². The Bertz CT molecular complexity index is 542. The number of rotatable bonds is 6. The molecule has 0 amide bonds. The van der Waals surface area contributed by atoms with Crippen molar-refractivity contribution < 1.29 is 4.74 Å². The molecule has 1 N–H and O–H groups in total. The molecular weight excluding hydrogens is 314 g/mol. The third-order valence-electron chi connectivity index (χ3n) is 3.12. The Morgan fingerprint density at radius 1 is 1.10 bits per heavy atom. The highest BCUT2D eigenvalue weighted by atomic mass is 79.9. The van der Waals surface area contributed by atoms with Gasteiger partial charge in [-0.1, -0.05) is 47.1 Å². The first-order valence-corrected chi connectivity index (χ1v) is 7.75. The van der Waals surface area contributed by atoms with Gasteiger partial charge in [0.25, 0.3) is 0 Å². The molecule has 20 heavy (non-hydrogen) atoms. The van der Waals surface area contributed by atoms with Crippen LogP contribution in [0.3, 0.4) is 0 Å². The van der Waals surface area contributed by atoms with Crippen LogP contribution in [0.15, 0.2) is 53.0 Å². The summed E-state index contributed by atoms with van der Waals surface area (Å²) >= 11 is 3.63. The van der Waals surface area contributed by atoms with Gasteiger partial charge in [0, 0.05) is 10.5 Å². The Labute approximate surface area is 129 Å². The molecular formula is C17H20BrNO. The second-order valence-electron chi connectivity index (χ2n) is 4.77. The van der Waals surface area contributed by atoms with Crippen LogP contribution in [0.2, 0.25) is 0 Å². The van der Waals surface area contributed by atoms with E-state index < -0.39 is 0 Å². The number of para-hydroxylation sites is 1. The van der Waals surface area contributed by atoms with Crippen molar-refractivity contribution in [2.75, 3.05) is 6.54 Å².